The fourth-order valence-corrected chi connectivity index (χ4v) is 3.04. The summed E-state index contributed by atoms with van der Waals surface area (Å²) >= 11 is 0. The van der Waals surface area contributed by atoms with E-state index in [4.69, 9.17) is 4.74 Å². The molecular weight excluding hydrogens is 348 g/mol. The van der Waals surface area contributed by atoms with Crippen molar-refractivity contribution in [1.29, 1.82) is 0 Å². The molecule has 1 aliphatic rings. The van der Waals surface area contributed by atoms with Crippen molar-refractivity contribution in [3.8, 4) is 0 Å². The third-order valence-corrected chi connectivity index (χ3v) is 4.30. The lowest BCUT2D eigenvalue weighted by molar-refractivity contribution is -0.147. The van der Waals surface area contributed by atoms with Crippen molar-refractivity contribution in [3.63, 3.8) is 0 Å². The molecule has 1 unspecified atom stereocenters. The van der Waals surface area contributed by atoms with Crippen LogP contribution in [0.4, 0.5) is 5.69 Å². The van der Waals surface area contributed by atoms with Gasteiger partial charge in [-0.3, -0.25) is 19.3 Å². The minimum Gasteiger partial charge on any atom is -0.464 e. The molecule has 3 rings (SSSR count). The Bertz CT molecular complexity index is 857. The number of amides is 3. The Morgan fingerprint density at radius 2 is 1.67 bits per heavy atom. The first-order valence-electron chi connectivity index (χ1n) is 8.49. The molecule has 1 N–H and O–H groups in total. The zero-order valence-electron chi connectivity index (χ0n) is 14.7. The molecule has 0 fully saturated rings. The zero-order valence-corrected chi connectivity index (χ0v) is 14.7. The van der Waals surface area contributed by atoms with Gasteiger partial charge in [0.1, 0.15) is 6.04 Å². The Kier molecular flexibility index (Phi) is 5.30. The Balaban J connectivity index is 1.90. The van der Waals surface area contributed by atoms with Crippen molar-refractivity contribution in [2.45, 2.75) is 19.4 Å². The lowest BCUT2D eigenvalue weighted by Crippen LogP contribution is -2.47. The molecule has 2 aromatic carbocycles. The number of carbonyl (C=O) groups excluding carboxylic acids is 4. The van der Waals surface area contributed by atoms with Gasteiger partial charge in [0.25, 0.3) is 11.8 Å². The largest absolute Gasteiger partial charge is 0.464 e. The number of hydrogen-bond donors (Lipinski definition) is 1. The highest BCUT2D eigenvalue weighted by molar-refractivity contribution is 6.22. The first-order valence-corrected chi connectivity index (χ1v) is 8.49. The van der Waals surface area contributed by atoms with Gasteiger partial charge < -0.3 is 10.1 Å². The van der Waals surface area contributed by atoms with E-state index in [0.717, 1.165) is 10.5 Å². The Labute approximate surface area is 155 Å². The van der Waals surface area contributed by atoms with E-state index in [9.17, 15) is 19.2 Å². The van der Waals surface area contributed by atoms with Crippen molar-refractivity contribution >= 4 is 29.9 Å². The second-order valence-corrected chi connectivity index (χ2v) is 5.96. The summed E-state index contributed by atoms with van der Waals surface area (Å²) in [6.07, 6.45) is 0.681. The monoisotopic (exact) mass is 366 g/mol. The summed E-state index contributed by atoms with van der Waals surface area (Å²) in [5.41, 5.74) is 1.88. The highest BCUT2D eigenvalue weighted by atomic mass is 16.5. The smallest absolute Gasteiger partial charge is 0.329 e. The molecule has 0 spiro atoms. The third-order valence-electron chi connectivity index (χ3n) is 4.30. The van der Waals surface area contributed by atoms with Gasteiger partial charge in [0.05, 0.1) is 17.7 Å². The number of benzene rings is 2. The summed E-state index contributed by atoms with van der Waals surface area (Å²) in [7, 11) is 0. The number of anilines is 1. The minimum atomic E-state index is -1.07. The molecule has 2 aromatic rings. The predicted molar refractivity (Wildman–Crippen MR) is 97.2 cm³/mol. The van der Waals surface area contributed by atoms with Crippen LogP contribution in [-0.4, -0.2) is 41.7 Å². The SMILES string of the molecule is CCOC(=O)C(Cc1ccc(NC=O)cc1)N1C(=O)c2ccccc2C1=O. The molecule has 0 saturated heterocycles. The number of nitrogens with one attached hydrogen (secondary N) is 1. The average molecular weight is 366 g/mol. The van der Waals surface area contributed by atoms with E-state index in [1.807, 2.05) is 0 Å². The van der Waals surface area contributed by atoms with Gasteiger partial charge in [0.2, 0.25) is 6.41 Å². The highest BCUT2D eigenvalue weighted by Gasteiger charge is 2.43. The van der Waals surface area contributed by atoms with Crippen molar-refractivity contribution in [2.24, 2.45) is 0 Å². The van der Waals surface area contributed by atoms with E-state index in [2.05, 4.69) is 5.32 Å². The van der Waals surface area contributed by atoms with E-state index in [0.29, 0.717) is 12.1 Å². The predicted octanol–water partition coefficient (Wildman–Crippen LogP) is 2.03. The number of esters is 1. The summed E-state index contributed by atoms with van der Waals surface area (Å²) in [6.45, 7) is 1.80. The summed E-state index contributed by atoms with van der Waals surface area (Å²) < 4.78 is 5.10. The molecule has 0 bridgehead atoms. The molecule has 0 aliphatic carbocycles. The summed E-state index contributed by atoms with van der Waals surface area (Å²) in [5.74, 6) is -1.65. The fourth-order valence-electron chi connectivity index (χ4n) is 3.04. The van der Waals surface area contributed by atoms with Gasteiger partial charge in [0, 0.05) is 12.1 Å². The number of ether oxygens (including phenoxy) is 1. The van der Waals surface area contributed by atoms with Crippen molar-refractivity contribution in [2.75, 3.05) is 11.9 Å². The maximum absolute atomic E-state index is 12.7. The molecular formula is C20H18N2O5. The van der Waals surface area contributed by atoms with Gasteiger partial charge >= 0.3 is 5.97 Å². The van der Waals surface area contributed by atoms with Crippen LogP contribution in [0, 0.1) is 0 Å². The molecule has 1 aliphatic heterocycles. The normalized spacial score (nSPS) is 13.9. The van der Waals surface area contributed by atoms with Crippen LogP contribution in [0.2, 0.25) is 0 Å². The van der Waals surface area contributed by atoms with Crippen LogP contribution in [0.1, 0.15) is 33.2 Å². The van der Waals surface area contributed by atoms with Crippen LogP contribution in [0.3, 0.4) is 0 Å². The van der Waals surface area contributed by atoms with Crippen molar-refractivity contribution in [3.05, 3.63) is 65.2 Å². The molecule has 1 atom stereocenters. The molecule has 138 valence electrons. The standard InChI is InChI=1S/C20H18N2O5/c1-2-27-20(26)17(11-13-7-9-14(10-8-13)21-12-23)22-18(24)15-5-3-4-6-16(15)19(22)25/h3-10,12,17H,2,11H2,1H3,(H,21,23). The molecule has 3 amide bonds. The summed E-state index contributed by atoms with van der Waals surface area (Å²) in [6, 6.07) is 12.2. The van der Waals surface area contributed by atoms with Gasteiger partial charge in [-0.2, -0.15) is 0 Å². The number of fused-ring (bicyclic) bond motifs is 1. The number of nitrogens with zero attached hydrogens (tertiary/aromatic N) is 1. The van der Waals surface area contributed by atoms with E-state index < -0.39 is 23.8 Å². The van der Waals surface area contributed by atoms with Crippen LogP contribution in [-0.2, 0) is 20.7 Å². The maximum Gasteiger partial charge on any atom is 0.329 e. The summed E-state index contributed by atoms with van der Waals surface area (Å²) in [4.78, 5) is 49.5. The van der Waals surface area contributed by atoms with Crippen LogP contribution in [0.15, 0.2) is 48.5 Å². The number of hydrogen-bond acceptors (Lipinski definition) is 5. The molecule has 7 nitrogen and oxygen atoms in total. The lowest BCUT2D eigenvalue weighted by atomic mass is 10.0. The molecule has 1 heterocycles. The molecule has 0 saturated carbocycles. The molecule has 7 heteroatoms. The van der Waals surface area contributed by atoms with E-state index in [-0.39, 0.29) is 24.2 Å². The highest BCUT2D eigenvalue weighted by Crippen LogP contribution is 2.26. The van der Waals surface area contributed by atoms with Crippen molar-refractivity contribution in [1.82, 2.24) is 4.90 Å². The number of imide groups is 1. The van der Waals surface area contributed by atoms with Crippen LogP contribution in [0.5, 0.6) is 0 Å². The fraction of sp³-hybridized carbons (Fsp3) is 0.200. The average Bonchev–Trinajstić information content (AvgIpc) is 2.93. The van der Waals surface area contributed by atoms with Gasteiger partial charge in [0.15, 0.2) is 0 Å². The van der Waals surface area contributed by atoms with Crippen molar-refractivity contribution < 1.29 is 23.9 Å². The van der Waals surface area contributed by atoms with Gasteiger partial charge in [-0.15, -0.1) is 0 Å². The van der Waals surface area contributed by atoms with Crippen LogP contribution < -0.4 is 5.32 Å². The molecule has 0 radical (unpaired) electrons. The zero-order chi connectivity index (χ0) is 19.4. The Hall–Kier alpha value is -3.48. The number of carbonyl (C=O) groups is 4. The quantitative estimate of drug-likeness (QED) is 0.460. The minimum absolute atomic E-state index is 0.117. The van der Waals surface area contributed by atoms with Gasteiger partial charge in [-0.1, -0.05) is 24.3 Å². The van der Waals surface area contributed by atoms with E-state index in [1.54, 1.807) is 55.5 Å². The van der Waals surface area contributed by atoms with Crippen LogP contribution in [0.25, 0.3) is 0 Å². The second kappa shape index (κ2) is 7.82. The maximum atomic E-state index is 12.7. The lowest BCUT2D eigenvalue weighted by Gasteiger charge is -2.24. The Morgan fingerprint density at radius 1 is 1.07 bits per heavy atom. The second-order valence-electron chi connectivity index (χ2n) is 5.96. The molecule has 27 heavy (non-hydrogen) atoms. The van der Waals surface area contributed by atoms with Crippen LogP contribution >= 0.6 is 0 Å². The first kappa shape index (κ1) is 18.3. The van der Waals surface area contributed by atoms with E-state index in [1.165, 1.54) is 0 Å². The van der Waals surface area contributed by atoms with Gasteiger partial charge in [-0.25, -0.2) is 4.79 Å². The summed E-state index contributed by atoms with van der Waals surface area (Å²) in [5, 5.41) is 2.52. The first-order chi connectivity index (χ1) is 13.1. The van der Waals surface area contributed by atoms with Gasteiger partial charge in [-0.05, 0) is 36.8 Å². The Morgan fingerprint density at radius 3 is 2.19 bits per heavy atom. The topological polar surface area (TPSA) is 92.8 Å². The molecule has 0 aromatic heterocycles. The van der Waals surface area contributed by atoms with E-state index >= 15 is 0 Å². The third kappa shape index (κ3) is 3.57. The number of rotatable bonds is 7.